The number of aryl methyl sites for hydroxylation is 1. The third-order valence-electron chi connectivity index (χ3n) is 6.53. The minimum Gasteiger partial charge on any atom is -0.457 e. The summed E-state index contributed by atoms with van der Waals surface area (Å²) in [7, 11) is 0. The highest BCUT2D eigenvalue weighted by atomic mass is 19.4. The number of anilines is 1. The van der Waals surface area contributed by atoms with Crippen LogP contribution in [-0.4, -0.2) is 10.9 Å². The third-order valence-corrected chi connectivity index (χ3v) is 6.53. The largest absolute Gasteiger partial charge is 0.457 e. The summed E-state index contributed by atoms with van der Waals surface area (Å²) < 4.78 is 46.6. The minimum atomic E-state index is -4.61. The van der Waals surface area contributed by atoms with Crippen molar-refractivity contribution in [3.63, 3.8) is 0 Å². The lowest BCUT2D eigenvalue weighted by atomic mass is 10.0. The van der Waals surface area contributed by atoms with Crippen molar-refractivity contribution in [2.24, 2.45) is 0 Å². The number of para-hydroxylation sites is 1. The molecule has 0 bridgehead atoms. The first-order valence-electron chi connectivity index (χ1n) is 12.8. The molecular weight excluding hydrogens is 529 g/mol. The second kappa shape index (κ2) is 11.6. The van der Waals surface area contributed by atoms with Crippen molar-refractivity contribution in [3.8, 4) is 22.6 Å². The maximum Gasteiger partial charge on any atom is 0.416 e. The van der Waals surface area contributed by atoms with Crippen LogP contribution in [0.4, 0.5) is 18.9 Å². The van der Waals surface area contributed by atoms with Gasteiger partial charge in [0.05, 0.1) is 12.1 Å². The molecule has 8 heteroatoms. The first-order chi connectivity index (χ1) is 19.7. The molecule has 5 rings (SSSR count). The van der Waals surface area contributed by atoms with Crippen LogP contribution >= 0.6 is 0 Å². The molecule has 4 aromatic carbocycles. The highest BCUT2D eigenvalue weighted by molar-refractivity contribution is 6.06. The lowest BCUT2D eigenvalue weighted by molar-refractivity contribution is -0.137. The molecule has 206 valence electrons. The van der Waals surface area contributed by atoms with Gasteiger partial charge in [-0.3, -0.25) is 9.59 Å². The van der Waals surface area contributed by atoms with Crippen molar-refractivity contribution < 1.29 is 22.7 Å². The fourth-order valence-electron chi connectivity index (χ4n) is 4.45. The molecule has 0 fully saturated rings. The van der Waals surface area contributed by atoms with Gasteiger partial charge in [-0.2, -0.15) is 13.2 Å². The summed E-state index contributed by atoms with van der Waals surface area (Å²) in [4.78, 5) is 30.8. The molecule has 0 atom stereocenters. The van der Waals surface area contributed by atoms with Crippen molar-refractivity contribution in [1.29, 1.82) is 0 Å². The topological polar surface area (TPSA) is 62.4 Å². The molecule has 0 saturated carbocycles. The molecule has 1 heterocycles. The second-order valence-corrected chi connectivity index (χ2v) is 9.42. The molecule has 0 unspecified atom stereocenters. The monoisotopic (exact) mass is 554 g/mol. The lowest BCUT2D eigenvalue weighted by Crippen LogP contribution is -2.35. The van der Waals surface area contributed by atoms with Crippen molar-refractivity contribution in [2.75, 3.05) is 4.90 Å². The Morgan fingerprint density at radius 3 is 2.10 bits per heavy atom. The van der Waals surface area contributed by atoms with E-state index in [4.69, 9.17) is 4.74 Å². The third kappa shape index (κ3) is 6.38. The normalized spacial score (nSPS) is 11.2. The summed E-state index contributed by atoms with van der Waals surface area (Å²) >= 11 is 0. The van der Waals surface area contributed by atoms with Gasteiger partial charge in [-0.05, 0) is 66.6 Å². The highest BCUT2D eigenvalue weighted by Gasteiger charge is 2.32. The molecule has 5 nitrogen and oxygen atoms in total. The first kappa shape index (κ1) is 27.5. The summed E-state index contributed by atoms with van der Waals surface area (Å²) in [6.07, 6.45) is -4.61. The van der Waals surface area contributed by atoms with E-state index in [0.717, 1.165) is 17.7 Å². The maximum absolute atomic E-state index is 13.9. The smallest absolute Gasteiger partial charge is 0.416 e. The predicted octanol–water partition coefficient (Wildman–Crippen LogP) is 8.01. The summed E-state index contributed by atoms with van der Waals surface area (Å²) in [5, 5.41) is 0. The van der Waals surface area contributed by atoms with E-state index in [-0.39, 0.29) is 17.8 Å². The molecule has 41 heavy (non-hydrogen) atoms. The van der Waals surface area contributed by atoms with Crippen molar-refractivity contribution in [2.45, 2.75) is 19.6 Å². The molecule has 5 aromatic rings. The fourth-order valence-corrected chi connectivity index (χ4v) is 4.45. The Labute approximate surface area is 234 Å². The number of halogens is 3. The van der Waals surface area contributed by atoms with E-state index in [1.165, 1.54) is 23.1 Å². The zero-order valence-corrected chi connectivity index (χ0v) is 22.0. The Morgan fingerprint density at radius 1 is 0.805 bits per heavy atom. The predicted molar refractivity (Wildman–Crippen MR) is 152 cm³/mol. The van der Waals surface area contributed by atoms with Crippen LogP contribution in [0.1, 0.15) is 27.2 Å². The number of carbonyl (C=O) groups is 1. The zero-order chi connectivity index (χ0) is 29.0. The van der Waals surface area contributed by atoms with Gasteiger partial charge < -0.3 is 14.6 Å². The molecule has 1 N–H and O–H groups in total. The van der Waals surface area contributed by atoms with E-state index in [0.29, 0.717) is 28.3 Å². The van der Waals surface area contributed by atoms with Gasteiger partial charge >= 0.3 is 6.18 Å². The second-order valence-electron chi connectivity index (χ2n) is 9.42. The standard InChI is InChI=1S/C33H25F3N2O3/c1-22-29(24-9-4-2-5-10-24)20-30(31(39)37-22)32(40)38(26-12-8-11-25(19-26)33(34,35)36)21-23-15-17-28(18-16-23)41-27-13-6-3-7-14-27/h2-20H,21H2,1H3,(H,37,39). The molecule has 1 amide bonds. The van der Waals surface area contributed by atoms with Crippen LogP contribution < -0.4 is 15.2 Å². The summed E-state index contributed by atoms with van der Waals surface area (Å²) in [5.41, 5.74) is 0.916. The Bertz CT molecular complexity index is 1720. The fraction of sp³-hybridized carbons (Fsp3) is 0.0909. The summed E-state index contributed by atoms with van der Waals surface area (Å²) in [5.74, 6) is 0.473. The molecular formula is C33H25F3N2O3. The Balaban J connectivity index is 1.53. The molecule has 0 radical (unpaired) electrons. The molecule has 0 saturated heterocycles. The maximum atomic E-state index is 13.9. The SMILES string of the molecule is Cc1[nH]c(=O)c(C(=O)N(Cc2ccc(Oc3ccccc3)cc2)c2cccc(C(F)(F)F)c2)cc1-c1ccccc1. The number of alkyl halides is 3. The van der Waals surface area contributed by atoms with Gasteiger partial charge in [-0.1, -0.05) is 66.7 Å². The van der Waals surface area contributed by atoms with Crippen LogP contribution in [0.2, 0.25) is 0 Å². The van der Waals surface area contributed by atoms with Gasteiger partial charge in [0, 0.05) is 16.9 Å². The first-order valence-corrected chi connectivity index (χ1v) is 12.8. The number of amides is 1. The number of aromatic amines is 1. The van der Waals surface area contributed by atoms with Crippen molar-refractivity contribution in [3.05, 3.63) is 148 Å². The number of nitrogens with zero attached hydrogens (tertiary/aromatic N) is 1. The molecule has 0 aliphatic heterocycles. The van der Waals surface area contributed by atoms with E-state index in [1.54, 1.807) is 31.2 Å². The van der Waals surface area contributed by atoms with Crippen LogP contribution in [0.5, 0.6) is 11.5 Å². The summed E-state index contributed by atoms with van der Waals surface area (Å²) in [6, 6.07) is 31.3. The minimum absolute atomic E-state index is 0.00988. The van der Waals surface area contributed by atoms with Crippen molar-refractivity contribution in [1.82, 2.24) is 4.98 Å². The van der Waals surface area contributed by atoms with E-state index in [9.17, 15) is 22.8 Å². The molecule has 0 aliphatic carbocycles. The number of ether oxygens (including phenoxy) is 1. The molecule has 0 aliphatic rings. The lowest BCUT2D eigenvalue weighted by Gasteiger charge is -2.24. The van der Waals surface area contributed by atoms with Gasteiger partial charge in [-0.25, -0.2) is 0 Å². The van der Waals surface area contributed by atoms with Crippen LogP contribution in [0.25, 0.3) is 11.1 Å². The van der Waals surface area contributed by atoms with Crippen LogP contribution in [-0.2, 0) is 12.7 Å². The number of hydrogen-bond donors (Lipinski definition) is 1. The van der Waals surface area contributed by atoms with Crippen LogP contribution in [0.15, 0.2) is 120 Å². The van der Waals surface area contributed by atoms with Crippen LogP contribution in [0, 0.1) is 6.92 Å². The quantitative estimate of drug-likeness (QED) is 0.222. The van der Waals surface area contributed by atoms with E-state index < -0.39 is 23.2 Å². The van der Waals surface area contributed by atoms with Crippen LogP contribution in [0.3, 0.4) is 0 Å². The van der Waals surface area contributed by atoms with Gasteiger partial charge in [0.25, 0.3) is 11.5 Å². The van der Waals surface area contributed by atoms with Gasteiger partial charge in [0.15, 0.2) is 0 Å². The average molecular weight is 555 g/mol. The van der Waals surface area contributed by atoms with Gasteiger partial charge in [0.1, 0.15) is 17.1 Å². The zero-order valence-electron chi connectivity index (χ0n) is 22.0. The van der Waals surface area contributed by atoms with E-state index >= 15 is 0 Å². The van der Waals surface area contributed by atoms with E-state index in [2.05, 4.69) is 4.98 Å². The van der Waals surface area contributed by atoms with E-state index in [1.807, 2.05) is 60.7 Å². The average Bonchev–Trinajstić information content (AvgIpc) is 2.97. The number of hydrogen-bond acceptors (Lipinski definition) is 3. The number of H-pyrrole nitrogens is 1. The number of aromatic nitrogens is 1. The van der Waals surface area contributed by atoms with Crippen molar-refractivity contribution >= 4 is 11.6 Å². The number of benzene rings is 4. The number of carbonyl (C=O) groups excluding carboxylic acids is 1. The number of nitrogens with one attached hydrogen (secondary N) is 1. The highest BCUT2D eigenvalue weighted by Crippen LogP contribution is 2.33. The Hall–Kier alpha value is -5.11. The molecule has 0 spiro atoms. The Kier molecular flexibility index (Phi) is 7.74. The number of pyridine rings is 1. The Morgan fingerprint density at radius 2 is 1.44 bits per heavy atom. The van der Waals surface area contributed by atoms with Gasteiger partial charge in [0.2, 0.25) is 0 Å². The van der Waals surface area contributed by atoms with Gasteiger partial charge in [-0.15, -0.1) is 0 Å². The summed E-state index contributed by atoms with van der Waals surface area (Å²) in [6.45, 7) is 1.64. The molecule has 1 aromatic heterocycles. The number of rotatable bonds is 7.